The van der Waals surface area contributed by atoms with Crippen LogP contribution in [0.2, 0.25) is 0 Å². The van der Waals surface area contributed by atoms with Gasteiger partial charge in [-0.3, -0.25) is 0 Å². The quantitative estimate of drug-likeness (QED) is 0.265. The van der Waals surface area contributed by atoms with Gasteiger partial charge >= 0.3 is 95.6 Å². The van der Waals surface area contributed by atoms with Gasteiger partial charge in [0, 0.05) is 0 Å². The molecule has 0 aromatic rings. The summed E-state index contributed by atoms with van der Waals surface area (Å²) in [7, 11) is 0. The second kappa shape index (κ2) is 1030. The van der Waals surface area contributed by atoms with E-state index in [1.54, 1.807) is 0 Å². The molecule has 21 heavy (non-hydrogen) atoms. The van der Waals surface area contributed by atoms with Gasteiger partial charge in [-0.05, 0) is 0 Å². The average molecular weight is 527 g/mol. The van der Waals surface area contributed by atoms with Gasteiger partial charge in [0.2, 0.25) is 0 Å². The minimum Gasteiger partial charge on any atom is -1.00 e. The molecule has 0 spiro atoms. The maximum absolute atomic E-state index is 0. The van der Waals surface area contributed by atoms with Crippen molar-refractivity contribution in [3.63, 3.8) is 0 Å². The van der Waals surface area contributed by atoms with E-state index >= 15 is 0 Å². The third kappa shape index (κ3) is 943. The van der Waals surface area contributed by atoms with Gasteiger partial charge in [0.15, 0.2) is 0 Å². The summed E-state index contributed by atoms with van der Waals surface area (Å²) >= 11 is 0. The topological polar surface area (TPSA) is 390 Å². The van der Waals surface area contributed by atoms with Crippen molar-refractivity contribution >= 4 is 69.4 Å². The summed E-state index contributed by atoms with van der Waals surface area (Å²) in [6, 6.07) is 0. The third-order valence-corrected chi connectivity index (χ3v) is 0. The van der Waals surface area contributed by atoms with Crippen LogP contribution in [0.1, 0.15) is 0 Å². The summed E-state index contributed by atoms with van der Waals surface area (Å²) in [6.45, 7) is 0. The first-order valence-electron chi connectivity index (χ1n) is 0. The molecule has 13 N–H and O–H groups in total. The van der Waals surface area contributed by atoms with E-state index in [1.165, 1.54) is 0 Å². The van der Waals surface area contributed by atoms with E-state index in [0.29, 0.717) is 0 Å². The van der Waals surface area contributed by atoms with Crippen molar-refractivity contribution in [3.05, 3.63) is 0 Å². The van der Waals surface area contributed by atoms with Gasteiger partial charge in [-0.1, -0.05) is 0 Å². The van der Waals surface area contributed by atoms with Crippen molar-refractivity contribution in [2.45, 2.75) is 0 Å². The first kappa shape index (κ1) is 1180. The van der Waals surface area contributed by atoms with Crippen LogP contribution >= 0.6 is 0 Å². The van der Waals surface area contributed by atoms with Crippen LogP contribution < -0.4 is 37.2 Å². The average Bonchev–Trinajstić information content (AvgIpc) is 0. The van der Waals surface area contributed by atoms with Gasteiger partial charge in [-0.25, -0.2) is 0 Å². The van der Waals surface area contributed by atoms with Gasteiger partial charge in [-0.15, -0.1) is 0 Å². The molecule has 0 fully saturated rings. The first-order valence-corrected chi connectivity index (χ1v) is 0. The first-order chi connectivity index (χ1) is 0. The normalized spacial score (nSPS) is 0. The van der Waals surface area contributed by atoms with Gasteiger partial charge in [0.05, 0.1) is 0 Å². The van der Waals surface area contributed by atoms with Crippen LogP contribution in [0.3, 0.4) is 0 Å². The summed E-state index contributed by atoms with van der Waals surface area (Å²) in [5, 5.41) is 0. The summed E-state index contributed by atoms with van der Waals surface area (Å²) in [6.07, 6.45) is 0. The molecule has 21 heteroatoms. The van der Waals surface area contributed by atoms with Gasteiger partial charge in [0.25, 0.3) is 0 Å². The van der Waals surface area contributed by atoms with E-state index in [-0.39, 0.29) is 204 Å². The maximum atomic E-state index is 0. The Kier molecular flexibility index (Phi) is 57800. The van der Waals surface area contributed by atoms with Crippen molar-refractivity contribution in [1.29, 1.82) is 0 Å². The number of hydrogen-bond donors (Lipinski definition) is 0. The maximum Gasteiger partial charge on any atom is 3.00 e. The summed E-state index contributed by atoms with van der Waals surface area (Å²) in [4.78, 5) is 0. The number of hydrogen-bond acceptors (Lipinski definition) is 13. The summed E-state index contributed by atoms with van der Waals surface area (Å²) in [5.74, 6) is 0. The summed E-state index contributed by atoms with van der Waals surface area (Å²) in [5.41, 5.74) is 0. The predicted molar refractivity (Wildman–Crippen MR) is 48.2 cm³/mol. The van der Waals surface area contributed by atoms with Crippen LogP contribution in [-0.4, -0.2) is 141 Å². The molecule has 0 aliphatic carbocycles. The van der Waals surface area contributed by atoms with Crippen LogP contribution in [0.4, 0.5) is 0 Å². The fourth-order valence-electron chi connectivity index (χ4n) is 0. The largest absolute Gasteiger partial charge is 3.00 e. The minimum absolute atomic E-state index is 0. The Hall–Kier alpha value is 3.36. The second-order valence-corrected chi connectivity index (χ2v) is 0. The van der Waals surface area contributed by atoms with Crippen LogP contribution in [0.15, 0.2) is 0 Å². The molecule has 0 aliphatic heterocycles. The Morgan fingerprint density at radius 2 is 0.190 bits per heavy atom. The van der Waals surface area contributed by atoms with E-state index < -0.39 is 0 Å². The minimum atomic E-state index is 0. The monoisotopic (exact) mass is 524 g/mol. The summed E-state index contributed by atoms with van der Waals surface area (Å²) < 4.78 is 0. The standard InChI is InChI=1S/4Al.3ClH.13H2O.Zr/h;;;;3*1H;13*1H2;/q4*+3;;;;;;;;;;;;;;;;;+2/p-16. The molecule has 0 saturated carbocycles. The van der Waals surface area contributed by atoms with Crippen LogP contribution in [-0.2, 0) is 26.2 Å². The molecule has 0 aromatic carbocycles. The van der Waals surface area contributed by atoms with Gasteiger partial charge < -0.3 is 108 Å². The molecule has 0 atom stereocenters. The van der Waals surface area contributed by atoms with Crippen LogP contribution in [0.5, 0.6) is 0 Å². The smallest absolute Gasteiger partial charge is 1.00 e. The fourth-order valence-corrected chi connectivity index (χ4v) is 0. The van der Waals surface area contributed by atoms with Crippen molar-refractivity contribution in [2.75, 3.05) is 0 Å². The number of halogens is 3. The zero-order chi connectivity index (χ0) is 0. The Morgan fingerprint density at radius 1 is 0.190 bits per heavy atom. The van der Waals surface area contributed by atoms with Crippen molar-refractivity contribution < 1.29 is 135 Å². The molecule has 0 unspecified atom stereocenters. The zero-order valence-corrected chi connectivity index (χ0v) is 19.1. The Morgan fingerprint density at radius 3 is 0.190 bits per heavy atom. The van der Waals surface area contributed by atoms with Crippen LogP contribution in [0.25, 0.3) is 0 Å². The Labute approximate surface area is 202 Å². The second-order valence-electron chi connectivity index (χ2n) is 0. The van der Waals surface area contributed by atoms with Gasteiger partial charge in [-0.2, -0.15) is 0 Å². The van der Waals surface area contributed by atoms with E-state index in [2.05, 4.69) is 0 Å². The molecule has 0 bridgehead atoms. The predicted octanol–water partition coefficient (Wildman–Crippen LogP) is -12.8. The molecule has 0 amide bonds. The molecule has 130 valence electrons. The zero-order valence-electron chi connectivity index (χ0n) is 9.76. The molecular formula is H13Al4Cl3O13Zr-2. The molecule has 0 aromatic heterocycles. The third-order valence-electron chi connectivity index (χ3n) is 0. The van der Waals surface area contributed by atoms with Crippen molar-refractivity contribution in [3.8, 4) is 0 Å². The van der Waals surface area contributed by atoms with E-state index in [0.717, 1.165) is 0 Å². The van der Waals surface area contributed by atoms with Crippen molar-refractivity contribution in [1.82, 2.24) is 0 Å². The molecule has 0 saturated heterocycles. The van der Waals surface area contributed by atoms with E-state index in [9.17, 15) is 0 Å². The number of rotatable bonds is 0. The SMILES string of the molecule is [Al+3].[Al+3].[Al+3].[Al+3].[Cl-].[Cl-].[Cl-].[OH-].[OH-].[OH-].[OH-].[OH-].[OH-].[OH-].[OH-].[OH-].[OH-].[OH-].[OH-].[OH-].[Zr+2]. The molecule has 0 aliphatic rings. The molecule has 13 nitrogen and oxygen atoms in total. The fraction of sp³-hybridized carbons (Fsp3) is 0. The molecule has 0 heterocycles. The molecule has 0 rings (SSSR count). The van der Waals surface area contributed by atoms with Crippen molar-refractivity contribution in [2.24, 2.45) is 0 Å². The van der Waals surface area contributed by atoms with Gasteiger partial charge in [0.1, 0.15) is 0 Å². The molecule has 0 radical (unpaired) electrons. The van der Waals surface area contributed by atoms with Crippen LogP contribution in [0, 0.1) is 0 Å². The Bertz CT molecular complexity index is 31.4. The Balaban J connectivity index is 0. The molecular weight excluding hydrogens is 513 g/mol. The van der Waals surface area contributed by atoms with E-state index in [4.69, 9.17) is 0 Å². The van der Waals surface area contributed by atoms with E-state index in [1.807, 2.05) is 0 Å².